The average molecular weight is 444 g/mol. The highest BCUT2D eigenvalue weighted by Crippen LogP contribution is 2.22. The Balaban J connectivity index is 1.38. The van der Waals surface area contributed by atoms with Crippen LogP contribution in [0.1, 0.15) is 21.9 Å². The van der Waals surface area contributed by atoms with Crippen LogP contribution in [0.25, 0.3) is 0 Å². The summed E-state index contributed by atoms with van der Waals surface area (Å²) in [5, 5.41) is 7.16. The van der Waals surface area contributed by atoms with Crippen LogP contribution in [0.5, 0.6) is 5.75 Å². The van der Waals surface area contributed by atoms with E-state index in [9.17, 15) is 13.6 Å². The Kier molecular flexibility index (Phi) is 5.99. The normalized spacial score (nSPS) is 10.8. The smallest absolute Gasteiger partial charge is 0.292 e. The number of halogens is 3. The van der Waals surface area contributed by atoms with E-state index >= 15 is 0 Å². The van der Waals surface area contributed by atoms with Crippen LogP contribution in [0.2, 0.25) is 5.02 Å². The van der Waals surface area contributed by atoms with Gasteiger partial charge in [-0.15, -0.1) is 0 Å². The van der Waals surface area contributed by atoms with E-state index in [4.69, 9.17) is 20.8 Å². The van der Waals surface area contributed by atoms with Gasteiger partial charge in [0, 0.05) is 12.3 Å². The molecule has 1 N–H and O–H groups in total. The molecule has 31 heavy (non-hydrogen) atoms. The van der Waals surface area contributed by atoms with Crippen LogP contribution in [-0.4, -0.2) is 15.7 Å². The number of furan rings is 1. The van der Waals surface area contributed by atoms with Crippen molar-refractivity contribution in [2.24, 2.45) is 0 Å². The summed E-state index contributed by atoms with van der Waals surface area (Å²) in [6, 6.07) is 15.6. The Morgan fingerprint density at radius 2 is 1.94 bits per heavy atom. The maximum Gasteiger partial charge on any atom is 0.292 e. The fourth-order valence-corrected chi connectivity index (χ4v) is 3.02. The van der Waals surface area contributed by atoms with Gasteiger partial charge in [-0.25, -0.2) is 8.78 Å². The maximum atomic E-state index is 13.6. The number of amides is 1. The van der Waals surface area contributed by atoms with Gasteiger partial charge in [-0.05, 0) is 29.8 Å². The van der Waals surface area contributed by atoms with Crippen molar-refractivity contribution in [3.63, 3.8) is 0 Å². The number of carbonyl (C=O) groups excluding carboxylic acids is 1. The van der Waals surface area contributed by atoms with Crippen LogP contribution in [0, 0.1) is 11.6 Å². The van der Waals surface area contributed by atoms with E-state index < -0.39 is 17.5 Å². The van der Waals surface area contributed by atoms with Crippen LogP contribution < -0.4 is 10.1 Å². The monoisotopic (exact) mass is 443 g/mol. The van der Waals surface area contributed by atoms with E-state index in [0.717, 1.165) is 17.7 Å². The molecule has 0 aliphatic rings. The maximum absolute atomic E-state index is 13.6. The minimum Gasteiger partial charge on any atom is -0.483 e. The third kappa shape index (κ3) is 5.10. The second-order valence-electron chi connectivity index (χ2n) is 6.59. The molecule has 0 radical (unpaired) electrons. The van der Waals surface area contributed by atoms with Gasteiger partial charge in [0.05, 0.1) is 6.54 Å². The van der Waals surface area contributed by atoms with Gasteiger partial charge in [0.25, 0.3) is 5.91 Å². The standard InChI is InChI=1S/C22H16ClF2N3O3/c23-17-12-28(11-14-4-2-1-3-5-14)27-21(17)26-22(29)20-9-7-16(31-20)13-30-19-8-6-15(24)10-18(19)25/h1-10,12H,11,13H2,(H,26,27,29). The highest BCUT2D eigenvalue weighted by atomic mass is 35.5. The van der Waals surface area contributed by atoms with Gasteiger partial charge in [0.15, 0.2) is 23.1 Å². The molecular formula is C22H16ClF2N3O3. The lowest BCUT2D eigenvalue weighted by Crippen LogP contribution is -2.12. The number of benzene rings is 2. The third-order valence-corrected chi connectivity index (χ3v) is 4.56. The molecule has 4 aromatic rings. The second kappa shape index (κ2) is 9.01. The Labute approximate surface area is 181 Å². The number of nitrogens with zero attached hydrogens (tertiary/aromatic N) is 2. The van der Waals surface area contributed by atoms with Crippen molar-refractivity contribution in [1.82, 2.24) is 9.78 Å². The summed E-state index contributed by atoms with van der Waals surface area (Å²) < 4.78 is 38.9. The number of ether oxygens (including phenoxy) is 1. The number of hydrogen-bond donors (Lipinski definition) is 1. The summed E-state index contributed by atoms with van der Waals surface area (Å²) in [5.41, 5.74) is 1.04. The number of anilines is 1. The quantitative estimate of drug-likeness (QED) is 0.421. The van der Waals surface area contributed by atoms with Gasteiger partial charge < -0.3 is 14.5 Å². The topological polar surface area (TPSA) is 69.3 Å². The van der Waals surface area contributed by atoms with E-state index in [1.807, 2.05) is 30.3 Å². The Morgan fingerprint density at radius 1 is 1.13 bits per heavy atom. The molecular weight excluding hydrogens is 428 g/mol. The minimum absolute atomic E-state index is 0.00635. The SMILES string of the molecule is O=C(Nc1nn(Cc2ccccc2)cc1Cl)c1ccc(COc2ccc(F)cc2F)o1. The first-order chi connectivity index (χ1) is 15.0. The van der Waals surface area contributed by atoms with Crippen LogP contribution >= 0.6 is 11.6 Å². The van der Waals surface area contributed by atoms with Gasteiger partial charge in [-0.1, -0.05) is 41.9 Å². The molecule has 0 unspecified atom stereocenters. The molecule has 6 nitrogen and oxygen atoms in total. The van der Waals surface area contributed by atoms with Crippen LogP contribution in [0.4, 0.5) is 14.6 Å². The summed E-state index contributed by atoms with van der Waals surface area (Å²) in [6.45, 7) is 0.362. The molecule has 0 bridgehead atoms. The van der Waals surface area contributed by atoms with E-state index in [1.54, 1.807) is 10.9 Å². The molecule has 9 heteroatoms. The predicted octanol–water partition coefficient (Wildman–Crippen LogP) is 5.29. The van der Waals surface area contributed by atoms with Gasteiger partial charge in [0.2, 0.25) is 0 Å². The predicted molar refractivity (Wildman–Crippen MR) is 110 cm³/mol. The lowest BCUT2D eigenvalue weighted by molar-refractivity contribution is 0.0992. The van der Waals surface area contributed by atoms with Crippen molar-refractivity contribution in [3.05, 3.63) is 101 Å². The van der Waals surface area contributed by atoms with Gasteiger partial charge in [-0.3, -0.25) is 9.48 Å². The first-order valence-corrected chi connectivity index (χ1v) is 9.60. The molecule has 0 saturated carbocycles. The van der Waals surface area contributed by atoms with Crippen molar-refractivity contribution in [1.29, 1.82) is 0 Å². The van der Waals surface area contributed by atoms with Crippen LogP contribution in [0.3, 0.4) is 0 Å². The number of aromatic nitrogens is 2. The fraction of sp³-hybridized carbons (Fsp3) is 0.0909. The third-order valence-electron chi connectivity index (χ3n) is 4.29. The zero-order valence-corrected chi connectivity index (χ0v) is 16.8. The molecule has 2 heterocycles. The highest BCUT2D eigenvalue weighted by molar-refractivity contribution is 6.33. The van der Waals surface area contributed by atoms with Crippen LogP contribution in [-0.2, 0) is 13.2 Å². The van der Waals surface area contributed by atoms with Crippen molar-refractivity contribution in [3.8, 4) is 5.75 Å². The van der Waals surface area contributed by atoms with E-state index in [-0.39, 0.29) is 34.7 Å². The molecule has 0 aliphatic carbocycles. The largest absolute Gasteiger partial charge is 0.483 e. The van der Waals surface area contributed by atoms with E-state index in [0.29, 0.717) is 6.54 Å². The van der Waals surface area contributed by atoms with Crippen molar-refractivity contribution >= 4 is 23.3 Å². The van der Waals surface area contributed by atoms with Gasteiger partial charge in [0.1, 0.15) is 23.2 Å². The fourth-order valence-electron chi connectivity index (χ4n) is 2.82. The molecule has 0 fully saturated rings. The molecule has 0 aliphatic heterocycles. The van der Waals surface area contributed by atoms with Crippen molar-refractivity contribution in [2.45, 2.75) is 13.2 Å². The van der Waals surface area contributed by atoms with E-state index in [1.165, 1.54) is 18.2 Å². The zero-order chi connectivity index (χ0) is 21.8. The number of rotatable bonds is 7. The zero-order valence-electron chi connectivity index (χ0n) is 16.0. The Hall–Kier alpha value is -3.65. The summed E-state index contributed by atoms with van der Waals surface area (Å²) in [5.74, 6) is -1.71. The second-order valence-corrected chi connectivity index (χ2v) is 7.00. The summed E-state index contributed by atoms with van der Waals surface area (Å²) >= 11 is 6.18. The molecule has 0 saturated heterocycles. The minimum atomic E-state index is -0.828. The Morgan fingerprint density at radius 3 is 2.71 bits per heavy atom. The summed E-state index contributed by atoms with van der Waals surface area (Å²) in [4.78, 5) is 12.5. The van der Waals surface area contributed by atoms with Crippen molar-refractivity contribution in [2.75, 3.05) is 5.32 Å². The van der Waals surface area contributed by atoms with Gasteiger partial charge in [-0.2, -0.15) is 5.10 Å². The Bertz CT molecular complexity index is 1210. The molecule has 2 aromatic heterocycles. The number of hydrogen-bond acceptors (Lipinski definition) is 4. The molecule has 2 aromatic carbocycles. The van der Waals surface area contributed by atoms with Gasteiger partial charge >= 0.3 is 0 Å². The molecule has 1 amide bonds. The number of nitrogens with one attached hydrogen (secondary N) is 1. The first-order valence-electron chi connectivity index (χ1n) is 9.23. The highest BCUT2D eigenvalue weighted by Gasteiger charge is 2.16. The summed E-state index contributed by atoms with van der Waals surface area (Å²) in [6.07, 6.45) is 1.61. The molecule has 0 spiro atoms. The van der Waals surface area contributed by atoms with E-state index in [2.05, 4.69) is 10.4 Å². The lowest BCUT2D eigenvalue weighted by atomic mass is 10.2. The molecule has 0 atom stereocenters. The lowest BCUT2D eigenvalue weighted by Gasteiger charge is -2.05. The van der Waals surface area contributed by atoms with Crippen molar-refractivity contribution < 1.29 is 22.7 Å². The molecule has 158 valence electrons. The number of carbonyl (C=O) groups is 1. The summed E-state index contributed by atoms with van der Waals surface area (Å²) in [7, 11) is 0. The first kappa shape index (κ1) is 20.6. The average Bonchev–Trinajstić information content (AvgIpc) is 3.35. The van der Waals surface area contributed by atoms with Crippen LogP contribution in [0.15, 0.2) is 71.3 Å². The molecule has 4 rings (SSSR count).